The molecule has 2 N–H and O–H groups in total. The molecular formula is C51H90O2. The second kappa shape index (κ2) is 28.4. The van der Waals surface area contributed by atoms with Gasteiger partial charge in [0.15, 0.2) is 0 Å². The van der Waals surface area contributed by atoms with E-state index in [-0.39, 0.29) is 0 Å². The van der Waals surface area contributed by atoms with Crippen LogP contribution in [-0.4, -0.2) is 10.2 Å². The van der Waals surface area contributed by atoms with Crippen molar-refractivity contribution >= 4 is 0 Å². The summed E-state index contributed by atoms with van der Waals surface area (Å²) in [4.78, 5) is 0. The Labute approximate surface area is 331 Å². The highest BCUT2D eigenvalue weighted by atomic mass is 16.3. The summed E-state index contributed by atoms with van der Waals surface area (Å²) in [6.45, 7) is 27.5. The lowest BCUT2D eigenvalue weighted by atomic mass is 9.83. The summed E-state index contributed by atoms with van der Waals surface area (Å²) in [5.74, 6) is 4.10. The molecule has 6 unspecified atom stereocenters. The normalized spacial score (nSPS) is 14.9. The molecule has 0 aliphatic rings. The van der Waals surface area contributed by atoms with Gasteiger partial charge in [-0.15, -0.1) is 0 Å². The molecule has 0 heterocycles. The van der Waals surface area contributed by atoms with Crippen LogP contribution in [0.5, 0.6) is 11.5 Å². The number of unbranched alkanes of at least 4 members (excludes halogenated alkanes) is 9. The number of rotatable bonds is 27. The Morgan fingerprint density at radius 2 is 0.528 bits per heavy atom. The summed E-state index contributed by atoms with van der Waals surface area (Å²) in [6.07, 6.45) is 26.1. The second-order valence-corrected chi connectivity index (χ2v) is 17.4. The Hall–Kier alpha value is -1.96. The molecule has 2 nitrogen and oxygen atoms in total. The summed E-state index contributed by atoms with van der Waals surface area (Å²) in [6, 6.07) is 9.30. The van der Waals surface area contributed by atoms with Crippen molar-refractivity contribution in [3.05, 3.63) is 57.6 Å². The minimum Gasteiger partial charge on any atom is -0.507 e. The van der Waals surface area contributed by atoms with Crippen molar-refractivity contribution in [1.82, 2.24) is 0 Å². The van der Waals surface area contributed by atoms with E-state index in [0.717, 1.165) is 0 Å². The van der Waals surface area contributed by atoms with Crippen molar-refractivity contribution in [2.45, 2.75) is 253 Å². The van der Waals surface area contributed by atoms with Gasteiger partial charge in [-0.1, -0.05) is 204 Å². The highest BCUT2D eigenvalue weighted by Crippen LogP contribution is 2.42. The van der Waals surface area contributed by atoms with Crippen LogP contribution in [0.25, 0.3) is 0 Å². The third kappa shape index (κ3) is 17.6. The number of phenolic OH excluding ortho intramolecular Hbond substituents is 2. The van der Waals surface area contributed by atoms with Crippen molar-refractivity contribution in [2.24, 2.45) is 0 Å². The first kappa shape index (κ1) is 49.1. The van der Waals surface area contributed by atoms with Crippen LogP contribution >= 0.6 is 0 Å². The second-order valence-electron chi connectivity index (χ2n) is 17.4. The number of aromatic hydroxyl groups is 2. The molecule has 0 radical (unpaired) electrons. The molecule has 2 aromatic carbocycles. The van der Waals surface area contributed by atoms with E-state index in [1.54, 1.807) is 0 Å². The third-order valence-corrected chi connectivity index (χ3v) is 12.3. The first-order valence-electron chi connectivity index (χ1n) is 23.1. The maximum atomic E-state index is 11.2. The lowest BCUT2D eigenvalue weighted by Crippen LogP contribution is -2.05. The fraction of sp³-hybridized carbons (Fsp3) is 0.765. The van der Waals surface area contributed by atoms with Crippen molar-refractivity contribution in [3.63, 3.8) is 0 Å². The average Bonchev–Trinajstić information content (AvgIpc) is 3.15. The van der Waals surface area contributed by atoms with Crippen molar-refractivity contribution in [1.29, 1.82) is 0 Å². The molecule has 6 atom stereocenters. The zero-order valence-electron chi connectivity index (χ0n) is 37.5. The quantitative estimate of drug-likeness (QED) is 0.0897. The van der Waals surface area contributed by atoms with E-state index in [2.05, 4.69) is 107 Å². The smallest absolute Gasteiger partial charge is 0.122 e. The molecule has 306 valence electrons. The lowest BCUT2D eigenvalue weighted by molar-refractivity contribution is 0.441. The van der Waals surface area contributed by atoms with E-state index in [0.29, 0.717) is 47.0 Å². The SMILES string of the molecule is CCCCC(C)c1cc(C(C)CCCC)c(O)c(C(C)CCCC)c1.CCCCCC(C)c1cc(C(C)CCCCC)c(O)c(C(C)CCCCC)c1. The highest BCUT2D eigenvalue weighted by Gasteiger charge is 2.22. The van der Waals surface area contributed by atoms with Gasteiger partial charge in [0, 0.05) is 0 Å². The average molecular weight is 735 g/mol. The van der Waals surface area contributed by atoms with Gasteiger partial charge < -0.3 is 10.2 Å². The molecule has 0 spiro atoms. The van der Waals surface area contributed by atoms with Crippen LogP contribution in [0.15, 0.2) is 24.3 Å². The van der Waals surface area contributed by atoms with E-state index < -0.39 is 0 Å². The molecule has 0 saturated carbocycles. The fourth-order valence-electron chi connectivity index (χ4n) is 8.07. The fourth-order valence-corrected chi connectivity index (χ4v) is 8.07. The summed E-state index contributed by atoms with van der Waals surface area (Å²) >= 11 is 0. The number of hydrogen-bond acceptors (Lipinski definition) is 2. The number of hydrogen-bond donors (Lipinski definition) is 2. The number of phenols is 2. The first-order valence-corrected chi connectivity index (χ1v) is 23.1. The molecule has 0 bridgehead atoms. The Balaban J connectivity index is 0.000000533. The van der Waals surface area contributed by atoms with Gasteiger partial charge in [-0.3, -0.25) is 0 Å². The summed E-state index contributed by atoms with van der Waals surface area (Å²) in [5.41, 5.74) is 7.66. The van der Waals surface area contributed by atoms with E-state index in [9.17, 15) is 10.2 Å². The Morgan fingerprint density at radius 1 is 0.321 bits per heavy atom. The predicted octanol–water partition coefficient (Wildman–Crippen LogP) is 17.7. The maximum absolute atomic E-state index is 11.2. The van der Waals surface area contributed by atoms with Crippen molar-refractivity contribution < 1.29 is 10.2 Å². The highest BCUT2D eigenvalue weighted by molar-refractivity contribution is 5.49. The van der Waals surface area contributed by atoms with E-state index in [4.69, 9.17) is 0 Å². The van der Waals surface area contributed by atoms with Gasteiger partial charge in [0.25, 0.3) is 0 Å². The monoisotopic (exact) mass is 735 g/mol. The third-order valence-electron chi connectivity index (χ3n) is 12.3. The largest absolute Gasteiger partial charge is 0.507 e. The van der Waals surface area contributed by atoms with Crippen molar-refractivity contribution in [3.8, 4) is 11.5 Å². The van der Waals surface area contributed by atoms with Gasteiger partial charge in [-0.05, 0) is 107 Å². The summed E-state index contributed by atoms with van der Waals surface area (Å²) in [5, 5.41) is 22.2. The summed E-state index contributed by atoms with van der Waals surface area (Å²) < 4.78 is 0. The number of benzene rings is 2. The first-order chi connectivity index (χ1) is 25.4. The summed E-state index contributed by atoms with van der Waals surface area (Å²) in [7, 11) is 0. The van der Waals surface area contributed by atoms with E-state index >= 15 is 0 Å². The standard InChI is InChI=1S/C27H48O.C24H42O/c1-7-10-13-16-21(4)24-19-25(22(5)17-14-11-8-2)27(28)26(20-24)23(6)18-15-12-9-3;1-7-10-13-18(4)21-16-22(19(5)14-11-8-2)24(25)23(17-21)20(6)15-12-9-3/h19-23,28H,7-18H2,1-6H3;16-20,25H,7-15H2,1-6H3. The van der Waals surface area contributed by atoms with Crippen LogP contribution in [-0.2, 0) is 0 Å². The van der Waals surface area contributed by atoms with Gasteiger partial charge >= 0.3 is 0 Å². The van der Waals surface area contributed by atoms with Crippen LogP contribution in [0.2, 0.25) is 0 Å². The Kier molecular flexibility index (Phi) is 26.3. The van der Waals surface area contributed by atoms with Gasteiger partial charge in [0.1, 0.15) is 11.5 Å². The van der Waals surface area contributed by atoms with Crippen molar-refractivity contribution in [2.75, 3.05) is 0 Å². The molecule has 2 heteroatoms. The minimum atomic E-state index is 0.440. The topological polar surface area (TPSA) is 40.5 Å². The molecule has 2 rings (SSSR count). The van der Waals surface area contributed by atoms with Gasteiger partial charge in [-0.25, -0.2) is 0 Å². The molecule has 2 aromatic rings. The van der Waals surface area contributed by atoms with Gasteiger partial charge in [-0.2, -0.15) is 0 Å². The Bertz CT molecular complexity index is 1140. The van der Waals surface area contributed by atoms with Crippen LogP contribution < -0.4 is 0 Å². The van der Waals surface area contributed by atoms with Gasteiger partial charge in [0.2, 0.25) is 0 Å². The zero-order valence-corrected chi connectivity index (χ0v) is 37.5. The maximum Gasteiger partial charge on any atom is 0.122 e. The molecular weight excluding hydrogens is 645 g/mol. The van der Waals surface area contributed by atoms with Crippen LogP contribution in [0.4, 0.5) is 0 Å². The van der Waals surface area contributed by atoms with Gasteiger partial charge in [0.05, 0.1) is 0 Å². The van der Waals surface area contributed by atoms with E-state index in [1.807, 2.05) is 0 Å². The zero-order chi connectivity index (χ0) is 39.8. The van der Waals surface area contributed by atoms with Crippen LogP contribution in [0, 0.1) is 0 Å². The molecule has 0 aliphatic heterocycles. The molecule has 0 amide bonds. The van der Waals surface area contributed by atoms with Crippen LogP contribution in [0.1, 0.15) is 287 Å². The molecule has 0 saturated heterocycles. The van der Waals surface area contributed by atoms with Crippen LogP contribution in [0.3, 0.4) is 0 Å². The predicted molar refractivity (Wildman–Crippen MR) is 238 cm³/mol. The molecule has 0 aliphatic carbocycles. The molecule has 0 aromatic heterocycles. The Morgan fingerprint density at radius 3 is 0.774 bits per heavy atom. The van der Waals surface area contributed by atoms with E-state index in [1.165, 1.54) is 168 Å². The molecule has 0 fully saturated rings. The molecule has 53 heavy (non-hydrogen) atoms. The minimum absolute atomic E-state index is 0.440. The lowest BCUT2D eigenvalue weighted by Gasteiger charge is -2.23.